The molecule has 0 saturated carbocycles. The SMILES string of the molecule is O=C(NCCn1ccn2nccc12)c1cccc(Br)c1. The second kappa shape index (κ2) is 5.50. The number of benzene rings is 1. The maximum absolute atomic E-state index is 12.0. The Labute approximate surface area is 124 Å². The van der Waals surface area contributed by atoms with Gasteiger partial charge in [0.2, 0.25) is 0 Å². The van der Waals surface area contributed by atoms with Gasteiger partial charge in [-0.1, -0.05) is 22.0 Å². The summed E-state index contributed by atoms with van der Waals surface area (Å²) in [6.07, 6.45) is 5.60. The first kappa shape index (κ1) is 12.9. The summed E-state index contributed by atoms with van der Waals surface area (Å²) in [6, 6.07) is 9.29. The highest BCUT2D eigenvalue weighted by Crippen LogP contribution is 2.11. The number of aromatic nitrogens is 3. The third-order valence-electron chi connectivity index (χ3n) is 3.06. The molecule has 20 heavy (non-hydrogen) atoms. The molecule has 0 fully saturated rings. The molecule has 2 aromatic heterocycles. The van der Waals surface area contributed by atoms with Crippen LogP contribution in [-0.4, -0.2) is 26.6 Å². The number of fused-ring (bicyclic) bond motifs is 1. The Kier molecular flexibility index (Phi) is 3.56. The zero-order chi connectivity index (χ0) is 13.9. The number of rotatable bonds is 4. The minimum absolute atomic E-state index is 0.0667. The van der Waals surface area contributed by atoms with E-state index in [0.717, 1.165) is 10.1 Å². The number of nitrogens with one attached hydrogen (secondary N) is 1. The summed E-state index contributed by atoms with van der Waals surface area (Å²) in [5, 5.41) is 7.05. The fourth-order valence-electron chi connectivity index (χ4n) is 2.08. The molecule has 1 amide bonds. The molecule has 5 nitrogen and oxygen atoms in total. The molecule has 0 aliphatic carbocycles. The summed E-state index contributed by atoms with van der Waals surface area (Å²) in [5.74, 6) is -0.0667. The van der Waals surface area contributed by atoms with Crippen LogP contribution in [0.15, 0.2) is 53.4 Å². The van der Waals surface area contributed by atoms with Crippen molar-refractivity contribution >= 4 is 27.5 Å². The third-order valence-corrected chi connectivity index (χ3v) is 3.55. The summed E-state index contributed by atoms with van der Waals surface area (Å²) in [4.78, 5) is 12.0. The normalized spacial score (nSPS) is 10.8. The molecule has 3 rings (SSSR count). The molecule has 3 aromatic rings. The quantitative estimate of drug-likeness (QED) is 0.797. The average molecular weight is 333 g/mol. The van der Waals surface area contributed by atoms with E-state index in [4.69, 9.17) is 0 Å². The summed E-state index contributed by atoms with van der Waals surface area (Å²) < 4.78 is 4.75. The first-order valence-electron chi connectivity index (χ1n) is 6.26. The minimum Gasteiger partial charge on any atom is -0.350 e. The van der Waals surface area contributed by atoms with E-state index in [1.54, 1.807) is 22.8 Å². The second-order valence-electron chi connectivity index (χ2n) is 4.39. The van der Waals surface area contributed by atoms with Crippen LogP contribution in [0.2, 0.25) is 0 Å². The van der Waals surface area contributed by atoms with Crippen LogP contribution in [0.5, 0.6) is 0 Å². The van der Waals surface area contributed by atoms with Crippen LogP contribution in [0.3, 0.4) is 0 Å². The Morgan fingerprint density at radius 3 is 3.05 bits per heavy atom. The van der Waals surface area contributed by atoms with Gasteiger partial charge in [-0.2, -0.15) is 5.10 Å². The number of nitrogens with zero attached hydrogens (tertiary/aromatic N) is 3. The largest absolute Gasteiger partial charge is 0.350 e. The Morgan fingerprint density at radius 2 is 2.20 bits per heavy atom. The number of amides is 1. The first-order valence-corrected chi connectivity index (χ1v) is 7.05. The molecule has 1 aromatic carbocycles. The Hall–Kier alpha value is -2.08. The van der Waals surface area contributed by atoms with Gasteiger partial charge >= 0.3 is 0 Å². The lowest BCUT2D eigenvalue weighted by atomic mass is 10.2. The summed E-state index contributed by atoms with van der Waals surface area (Å²) >= 11 is 3.36. The van der Waals surface area contributed by atoms with Gasteiger partial charge in [0, 0.05) is 41.6 Å². The van der Waals surface area contributed by atoms with Crippen molar-refractivity contribution in [1.82, 2.24) is 19.5 Å². The standard InChI is InChI=1S/C14H13BrN4O/c15-12-3-1-2-11(10-12)14(20)16-6-7-18-8-9-19-13(18)4-5-17-19/h1-5,8-10H,6-7H2,(H,16,20). The van der Waals surface area contributed by atoms with Gasteiger partial charge < -0.3 is 9.88 Å². The number of hydrogen-bond acceptors (Lipinski definition) is 2. The molecule has 0 radical (unpaired) electrons. The Balaban J connectivity index is 1.60. The zero-order valence-corrected chi connectivity index (χ0v) is 12.2. The van der Waals surface area contributed by atoms with Gasteiger partial charge in [0.1, 0.15) is 5.65 Å². The van der Waals surface area contributed by atoms with Crippen molar-refractivity contribution in [2.75, 3.05) is 6.54 Å². The molecule has 102 valence electrons. The first-order chi connectivity index (χ1) is 9.74. The second-order valence-corrected chi connectivity index (χ2v) is 5.31. The van der Waals surface area contributed by atoms with Gasteiger partial charge in [0.15, 0.2) is 0 Å². The van der Waals surface area contributed by atoms with E-state index in [1.165, 1.54) is 0 Å². The number of carbonyl (C=O) groups excluding carboxylic acids is 1. The van der Waals surface area contributed by atoms with E-state index in [0.29, 0.717) is 18.7 Å². The molecule has 0 spiro atoms. The molecule has 6 heteroatoms. The van der Waals surface area contributed by atoms with E-state index in [1.807, 2.05) is 35.2 Å². The Bertz CT molecular complexity index is 746. The molecule has 1 N–H and O–H groups in total. The van der Waals surface area contributed by atoms with Gasteiger partial charge in [-0.05, 0) is 18.2 Å². The van der Waals surface area contributed by atoms with Gasteiger partial charge in [-0.15, -0.1) is 0 Å². The predicted molar refractivity (Wildman–Crippen MR) is 79.7 cm³/mol. The van der Waals surface area contributed by atoms with Crippen molar-refractivity contribution in [3.05, 3.63) is 59.0 Å². The highest BCUT2D eigenvalue weighted by molar-refractivity contribution is 9.10. The van der Waals surface area contributed by atoms with Crippen LogP contribution in [0.4, 0.5) is 0 Å². The van der Waals surface area contributed by atoms with Crippen molar-refractivity contribution in [2.24, 2.45) is 0 Å². The monoisotopic (exact) mass is 332 g/mol. The Morgan fingerprint density at radius 1 is 1.30 bits per heavy atom. The molecular formula is C14H13BrN4O. The molecule has 2 heterocycles. The van der Waals surface area contributed by atoms with Gasteiger partial charge in [0.05, 0.1) is 6.20 Å². The van der Waals surface area contributed by atoms with Crippen molar-refractivity contribution in [1.29, 1.82) is 0 Å². The van der Waals surface area contributed by atoms with E-state index in [9.17, 15) is 4.79 Å². The maximum Gasteiger partial charge on any atom is 0.251 e. The van der Waals surface area contributed by atoms with Crippen LogP contribution in [0.25, 0.3) is 5.65 Å². The fraction of sp³-hybridized carbons (Fsp3) is 0.143. The summed E-state index contributed by atoms with van der Waals surface area (Å²) in [7, 11) is 0. The molecule has 0 atom stereocenters. The third kappa shape index (κ3) is 2.60. The zero-order valence-electron chi connectivity index (χ0n) is 10.7. The van der Waals surface area contributed by atoms with E-state index in [-0.39, 0.29) is 5.91 Å². The van der Waals surface area contributed by atoms with Gasteiger partial charge in [-0.3, -0.25) is 4.79 Å². The lowest BCUT2D eigenvalue weighted by molar-refractivity contribution is 0.0952. The van der Waals surface area contributed by atoms with Crippen molar-refractivity contribution in [2.45, 2.75) is 6.54 Å². The number of imidazole rings is 1. The van der Waals surface area contributed by atoms with Crippen LogP contribution < -0.4 is 5.32 Å². The highest BCUT2D eigenvalue weighted by Gasteiger charge is 2.06. The van der Waals surface area contributed by atoms with E-state index >= 15 is 0 Å². The molecule has 0 bridgehead atoms. The van der Waals surface area contributed by atoms with E-state index < -0.39 is 0 Å². The van der Waals surface area contributed by atoms with E-state index in [2.05, 4.69) is 26.3 Å². The van der Waals surface area contributed by atoms with Gasteiger partial charge in [-0.25, -0.2) is 4.52 Å². The highest BCUT2D eigenvalue weighted by atomic mass is 79.9. The fourth-order valence-corrected chi connectivity index (χ4v) is 2.48. The number of hydrogen-bond donors (Lipinski definition) is 1. The molecule has 0 aliphatic rings. The lowest BCUT2D eigenvalue weighted by Gasteiger charge is -2.07. The van der Waals surface area contributed by atoms with Crippen LogP contribution in [0.1, 0.15) is 10.4 Å². The van der Waals surface area contributed by atoms with Crippen molar-refractivity contribution in [3.63, 3.8) is 0 Å². The van der Waals surface area contributed by atoms with Crippen LogP contribution in [-0.2, 0) is 6.54 Å². The maximum atomic E-state index is 12.0. The van der Waals surface area contributed by atoms with Crippen LogP contribution >= 0.6 is 15.9 Å². The van der Waals surface area contributed by atoms with Gasteiger partial charge in [0.25, 0.3) is 5.91 Å². The topological polar surface area (TPSA) is 51.3 Å². The lowest BCUT2D eigenvalue weighted by Crippen LogP contribution is -2.27. The molecule has 0 aliphatic heterocycles. The number of carbonyl (C=O) groups is 1. The smallest absolute Gasteiger partial charge is 0.251 e. The van der Waals surface area contributed by atoms with Crippen molar-refractivity contribution in [3.8, 4) is 0 Å². The molecule has 0 unspecified atom stereocenters. The summed E-state index contributed by atoms with van der Waals surface area (Å²) in [6.45, 7) is 1.28. The molecular weight excluding hydrogens is 320 g/mol. The molecule has 0 saturated heterocycles. The van der Waals surface area contributed by atoms with Crippen LogP contribution in [0, 0.1) is 0 Å². The predicted octanol–water partition coefficient (Wildman–Crippen LogP) is 2.33. The average Bonchev–Trinajstić information content (AvgIpc) is 3.03. The summed E-state index contributed by atoms with van der Waals surface area (Å²) in [5.41, 5.74) is 1.67. The minimum atomic E-state index is -0.0667. The van der Waals surface area contributed by atoms with Crippen molar-refractivity contribution < 1.29 is 4.79 Å². The number of halogens is 1.